The summed E-state index contributed by atoms with van der Waals surface area (Å²) in [4.78, 5) is 2.23. The fraction of sp³-hybridized carbons (Fsp3) is 0.625. The molecular weight excluding hydrogens is 239 g/mol. The minimum Gasteiger partial charge on any atom is -0.366 e. The van der Waals surface area contributed by atoms with Crippen LogP contribution in [0.15, 0.2) is 18.2 Å². The van der Waals surface area contributed by atoms with Crippen molar-refractivity contribution in [1.82, 2.24) is 5.32 Å². The lowest BCUT2D eigenvalue weighted by Gasteiger charge is -2.30. The van der Waals surface area contributed by atoms with Crippen molar-refractivity contribution < 1.29 is 4.39 Å². The lowest BCUT2D eigenvalue weighted by Crippen LogP contribution is -2.33. The highest BCUT2D eigenvalue weighted by atomic mass is 19.1. The quantitative estimate of drug-likeness (QED) is 0.891. The van der Waals surface area contributed by atoms with Crippen molar-refractivity contribution in [2.24, 2.45) is 0 Å². The number of rotatable bonds is 3. The predicted octanol–water partition coefficient (Wildman–Crippen LogP) is 3.88. The fourth-order valence-electron chi connectivity index (χ4n) is 2.82. The van der Waals surface area contributed by atoms with Crippen molar-refractivity contribution >= 4 is 5.69 Å². The van der Waals surface area contributed by atoms with Crippen LogP contribution in [-0.2, 0) is 0 Å². The predicted molar refractivity (Wildman–Crippen MR) is 79.2 cm³/mol. The van der Waals surface area contributed by atoms with Gasteiger partial charge in [0, 0.05) is 18.6 Å². The van der Waals surface area contributed by atoms with Gasteiger partial charge in [-0.15, -0.1) is 0 Å². The topological polar surface area (TPSA) is 15.3 Å². The van der Waals surface area contributed by atoms with Crippen LogP contribution >= 0.6 is 0 Å². The van der Waals surface area contributed by atoms with Gasteiger partial charge in [0.05, 0.1) is 5.69 Å². The van der Waals surface area contributed by atoms with Gasteiger partial charge in [-0.3, -0.25) is 0 Å². The summed E-state index contributed by atoms with van der Waals surface area (Å²) in [6.07, 6.45) is 4.85. The van der Waals surface area contributed by atoms with Gasteiger partial charge in [-0.05, 0) is 51.4 Å². The average molecular weight is 264 g/mol. The summed E-state index contributed by atoms with van der Waals surface area (Å²) in [5.41, 5.74) is 1.77. The standard InChI is InChI=1S/C16H25FN2/c1-12-7-5-4-6-10-19(12)16-9-8-14(11-15(16)17)13(2)18-3/h8-9,11-13,18H,4-7,10H2,1-3H3. The summed E-state index contributed by atoms with van der Waals surface area (Å²) in [6, 6.07) is 6.28. The second-order valence-corrected chi connectivity index (χ2v) is 5.61. The van der Waals surface area contributed by atoms with E-state index >= 15 is 0 Å². The molecule has 1 aromatic rings. The van der Waals surface area contributed by atoms with Crippen molar-refractivity contribution in [3.8, 4) is 0 Å². The zero-order valence-electron chi connectivity index (χ0n) is 12.2. The molecule has 0 amide bonds. The van der Waals surface area contributed by atoms with Gasteiger partial charge in [0.2, 0.25) is 0 Å². The van der Waals surface area contributed by atoms with Crippen LogP contribution in [0.4, 0.5) is 10.1 Å². The van der Waals surface area contributed by atoms with Gasteiger partial charge in [-0.1, -0.05) is 18.9 Å². The van der Waals surface area contributed by atoms with Gasteiger partial charge in [-0.2, -0.15) is 0 Å². The van der Waals surface area contributed by atoms with Crippen LogP contribution in [0, 0.1) is 5.82 Å². The van der Waals surface area contributed by atoms with E-state index in [0.717, 1.165) is 24.2 Å². The van der Waals surface area contributed by atoms with E-state index in [-0.39, 0.29) is 11.9 Å². The first-order valence-electron chi connectivity index (χ1n) is 7.37. The second kappa shape index (κ2) is 6.38. The van der Waals surface area contributed by atoms with Crippen LogP contribution in [-0.4, -0.2) is 19.6 Å². The Morgan fingerprint density at radius 3 is 2.79 bits per heavy atom. The molecule has 1 fully saturated rings. The van der Waals surface area contributed by atoms with E-state index in [1.165, 1.54) is 19.3 Å². The number of anilines is 1. The van der Waals surface area contributed by atoms with E-state index in [2.05, 4.69) is 17.1 Å². The largest absolute Gasteiger partial charge is 0.366 e. The molecule has 1 N–H and O–H groups in total. The highest BCUT2D eigenvalue weighted by Crippen LogP contribution is 2.28. The average Bonchev–Trinajstić information content (AvgIpc) is 2.62. The van der Waals surface area contributed by atoms with E-state index < -0.39 is 0 Å². The van der Waals surface area contributed by atoms with Crippen molar-refractivity contribution in [2.75, 3.05) is 18.5 Å². The van der Waals surface area contributed by atoms with Crippen LogP contribution < -0.4 is 10.2 Å². The molecule has 3 heteroatoms. The Morgan fingerprint density at radius 2 is 2.11 bits per heavy atom. The van der Waals surface area contributed by atoms with E-state index in [1.807, 2.05) is 26.1 Å². The van der Waals surface area contributed by atoms with Crippen LogP contribution in [0.2, 0.25) is 0 Å². The Bertz CT molecular complexity index is 419. The third-order valence-electron chi connectivity index (χ3n) is 4.27. The minimum atomic E-state index is -0.0895. The van der Waals surface area contributed by atoms with E-state index in [0.29, 0.717) is 6.04 Å². The maximum Gasteiger partial charge on any atom is 0.146 e. The molecule has 1 heterocycles. The summed E-state index contributed by atoms with van der Waals surface area (Å²) in [5.74, 6) is -0.0895. The number of nitrogens with zero attached hydrogens (tertiary/aromatic N) is 1. The maximum absolute atomic E-state index is 14.4. The molecule has 0 spiro atoms. The highest BCUT2D eigenvalue weighted by Gasteiger charge is 2.20. The zero-order chi connectivity index (χ0) is 13.8. The first kappa shape index (κ1) is 14.3. The molecule has 0 aliphatic carbocycles. The third kappa shape index (κ3) is 3.27. The summed E-state index contributed by atoms with van der Waals surface area (Å²) in [7, 11) is 1.90. The monoisotopic (exact) mass is 264 g/mol. The highest BCUT2D eigenvalue weighted by molar-refractivity contribution is 5.50. The summed E-state index contributed by atoms with van der Waals surface area (Å²) in [6.45, 7) is 5.22. The molecule has 2 atom stereocenters. The number of benzene rings is 1. The molecule has 0 bridgehead atoms. The Kier molecular flexibility index (Phi) is 4.81. The van der Waals surface area contributed by atoms with Gasteiger partial charge in [0.15, 0.2) is 0 Å². The minimum absolute atomic E-state index is 0.0895. The molecule has 0 radical (unpaired) electrons. The summed E-state index contributed by atoms with van der Waals surface area (Å²) < 4.78 is 14.4. The molecule has 19 heavy (non-hydrogen) atoms. The number of hydrogen-bond acceptors (Lipinski definition) is 2. The molecule has 2 rings (SSSR count). The smallest absolute Gasteiger partial charge is 0.146 e. The third-order valence-corrected chi connectivity index (χ3v) is 4.27. The van der Waals surface area contributed by atoms with E-state index in [9.17, 15) is 4.39 Å². The summed E-state index contributed by atoms with van der Waals surface area (Å²) >= 11 is 0. The van der Waals surface area contributed by atoms with E-state index in [1.54, 1.807) is 6.07 Å². The number of halogens is 1. The zero-order valence-corrected chi connectivity index (χ0v) is 12.2. The first-order valence-corrected chi connectivity index (χ1v) is 7.37. The number of nitrogens with one attached hydrogen (secondary N) is 1. The molecule has 2 nitrogen and oxygen atoms in total. The molecule has 1 aliphatic heterocycles. The van der Waals surface area contributed by atoms with Gasteiger partial charge in [0.1, 0.15) is 5.82 Å². The maximum atomic E-state index is 14.4. The van der Waals surface area contributed by atoms with Gasteiger partial charge >= 0.3 is 0 Å². The van der Waals surface area contributed by atoms with Crippen LogP contribution in [0.5, 0.6) is 0 Å². The second-order valence-electron chi connectivity index (χ2n) is 5.61. The Morgan fingerprint density at radius 1 is 1.32 bits per heavy atom. The lowest BCUT2D eigenvalue weighted by atomic mass is 10.1. The molecule has 0 saturated carbocycles. The number of hydrogen-bond donors (Lipinski definition) is 1. The van der Waals surface area contributed by atoms with Crippen molar-refractivity contribution in [1.29, 1.82) is 0 Å². The molecular formula is C16H25FN2. The Labute approximate surface area is 116 Å². The van der Waals surface area contributed by atoms with Gasteiger partial charge in [0.25, 0.3) is 0 Å². The van der Waals surface area contributed by atoms with Crippen LogP contribution in [0.3, 0.4) is 0 Å². The van der Waals surface area contributed by atoms with Crippen molar-refractivity contribution in [3.05, 3.63) is 29.6 Å². The lowest BCUT2D eigenvalue weighted by molar-refractivity contribution is 0.574. The Balaban J connectivity index is 2.24. The first-order chi connectivity index (χ1) is 9.13. The summed E-state index contributed by atoms with van der Waals surface area (Å²) in [5, 5.41) is 3.15. The van der Waals surface area contributed by atoms with Crippen molar-refractivity contribution in [2.45, 2.75) is 51.6 Å². The normalized spacial score (nSPS) is 22.1. The van der Waals surface area contributed by atoms with Crippen molar-refractivity contribution in [3.63, 3.8) is 0 Å². The molecule has 2 unspecified atom stereocenters. The molecule has 1 aromatic carbocycles. The van der Waals surface area contributed by atoms with Gasteiger partial charge < -0.3 is 10.2 Å². The fourth-order valence-corrected chi connectivity index (χ4v) is 2.82. The molecule has 106 valence electrons. The van der Waals surface area contributed by atoms with Crippen LogP contribution in [0.1, 0.15) is 51.1 Å². The molecule has 0 aromatic heterocycles. The Hall–Kier alpha value is -1.09. The molecule has 1 aliphatic rings. The van der Waals surface area contributed by atoms with Gasteiger partial charge in [-0.25, -0.2) is 4.39 Å². The van der Waals surface area contributed by atoms with Crippen LogP contribution in [0.25, 0.3) is 0 Å². The SMILES string of the molecule is CNC(C)c1ccc(N2CCCCCC2C)c(F)c1. The van der Waals surface area contributed by atoms with E-state index in [4.69, 9.17) is 0 Å². The molecule has 1 saturated heterocycles.